The Bertz CT molecular complexity index is 857. The van der Waals surface area contributed by atoms with Gasteiger partial charge in [0, 0.05) is 24.2 Å². The molecule has 0 bridgehead atoms. The number of aliphatic imine (C=N–C) groups is 1. The number of hydrogen-bond donors (Lipinski definition) is 3. The molecule has 2 aromatic carbocycles. The average molecular weight is 554 g/mol. The smallest absolute Gasteiger partial charge is 0.226 e. The topological polar surface area (TPSA) is 84.0 Å². The summed E-state index contributed by atoms with van der Waals surface area (Å²) in [6, 6.07) is 15.3. The first kappa shape index (κ1) is 27.5. The molecule has 1 amide bonds. The Kier molecular flexibility index (Phi) is 12.5. The van der Waals surface area contributed by atoms with Gasteiger partial charge < -0.3 is 25.4 Å². The number of amides is 1. The zero-order valence-electron chi connectivity index (χ0n) is 19.5. The van der Waals surface area contributed by atoms with E-state index in [4.69, 9.17) is 9.47 Å². The van der Waals surface area contributed by atoms with Gasteiger partial charge in [-0.25, -0.2) is 4.99 Å². The fourth-order valence-corrected chi connectivity index (χ4v) is 2.68. The van der Waals surface area contributed by atoms with Crippen LogP contribution in [0.3, 0.4) is 0 Å². The highest BCUT2D eigenvalue weighted by Crippen LogP contribution is 2.19. The van der Waals surface area contributed by atoms with Gasteiger partial charge in [0.15, 0.2) is 5.96 Å². The van der Waals surface area contributed by atoms with Crippen molar-refractivity contribution >= 4 is 41.5 Å². The lowest BCUT2D eigenvalue weighted by atomic mass is 10.2. The van der Waals surface area contributed by atoms with E-state index in [9.17, 15) is 4.79 Å². The summed E-state index contributed by atoms with van der Waals surface area (Å²) in [5.41, 5.74) is 1.85. The third-order valence-corrected chi connectivity index (χ3v) is 4.45. The van der Waals surface area contributed by atoms with Gasteiger partial charge in [0.2, 0.25) is 5.91 Å². The molecule has 3 N–H and O–H groups in total. The first-order valence-corrected chi connectivity index (χ1v) is 10.6. The van der Waals surface area contributed by atoms with Crippen LogP contribution in [0, 0.1) is 5.92 Å². The van der Waals surface area contributed by atoms with Gasteiger partial charge in [-0.3, -0.25) is 4.79 Å². The fourth-order valence-electron chi connectivity index (χ4n) is 2.68. The molecule has 0 aromatic heterocycles. The summed E-state index contributed by atoms with van der Waals surface area (Å²) >= 11 is 0. The number of nitrogens with zero attached hydrogens (tertiary/aromatic N) is 1. The molecule has 2 rings (SSSR count). The lowest BCUT2D eigenvalue weighted by Crippen LogP contribution is -2.41. The molecule has 7 nitrogen and oxygen atoms in total. The van der Waals surface area contributed by atoms with Crippen LogP contribution in [-0.2, 0) is 11.3 Å². The molecule has 0 heterocycles. The number of halogens is 1. The van der Waals surface area contributed by atoms with Crippen LogP contribution in [0.4, 0.5) is 5.69 Å². The molecule has 0 spiro atoms. The second-order valence-corrected chi connectivity index (χ2v) is 7.52. The van der Waals surface area contributed by atoms with Crippen molar-refractivity contribution in [3.63, 3.8) is 0 Å². The van der Waals surface area contributed by atoms with Gasteiger partial charge in [-0.15, -0.1) is 24.0 Å². The third kappa shape index (κ3) is 9.76. The molecule has 0 aliphatic heterocycles. The third-order valence-electron chi connectivity index (χ3n) is 4.45. The molecule has 0 fully saturated rings. The number of benzene rings is 2. The minimum absolute atomic E-state index is 0. The van der Waals surface area contributed by atoms with Crippen LogP contribution < -0.4 is 25.4 Å². The Morgan fingerprint density at radius 2 is 1.72 bits per heavy atom. The van der Waals surface area contributed by atoms with Gasteiger partial charge in [0.1, 0.15) is 17.6 Å². The summed E-state index contributed by atoms with van der Waals surface area (Å²) in [5.74, 6) is 2.21. The Labute approximate surface area is 208 Å². The zero-order chi connectivity index (χ0) is 22.6. The van der Waals surface area contributed by atoms with Gasteiger partial charge in [-0.2, -0.15) is 0 Å². The van der Waals surface area contributed by atoms with Crippen LogP contribution in [0.25, 0.3) is 0 Å². The van der Waals surface area contributed by atoms with Crippen molar-refractivity contribution in [1.82, 2.24) is 10.6 Å². The number of anilines is 1. The molecule has 8 heteroatoms. The Balaban J connectivity index is 0.00000512. The minimum Gasteiger partial charge on any atom is -0.497 e. The number of methoxy groups -OCH3 is 1. The quantitative estimate of drug-likeness (QED) is 0.230. The summed E-state index contributed by atoms with van der Waals surface area (Å²) in [6.07, 6.45) is -0.0557. The molecule has 2 aromatic rings. The summed E-state index contributed by atoms with van der Waals surface area (Å²) < 4.78 is 11.2. The van der Waals surface area contributed by atoms with E-state index in [0.29, 0.717) is 13.1 Å². The molecule has 0 aliphatic rings. The van der Waals surface area contributed by atoms with Gasteiger partial charge >= 0.3 is 0 Å². The summed E-state index contributed by atoms with van der Waals surface area (Å²) in [4.78, 5) is 16.4. The molecule has 1 unspecified atom stereocenters. The predicted molar refractivity (Wildman–Crippen MR) is 141 cm³/mol. The fraction of sp³-hybridized carbons (Fsp3) is 0.417. The summed E-state index contributed by atoms with van der Waals surface area (Å²) in [6.45, 7) is 9.66. The number of carbonyl (C=O) groups is 1. The number of nitrogens with one attached hydrogen (secondary N) is 3. The van der Waals surface area contributed by atoms with Crippen molar-refractivity contribution in [3.8, 4) is 11.5 Å². The SMILES string of the molecule is CCNC(=NCc1ccc(NC(=O)C(C)C)cc1)NCC(C)Oc1cccc(OC)c1.I. The Hall–Kier alpha value is -2.49. The van der Waals surface area contributed by atoms with E-state index in [2.05, 4.69) is 20.9 Å². The van der Waals surface area contributed by atoms with Crippen LogP contribution in [0.2, 0.25) is 0 Å². The van der Waals surface area contributed by atoms with E-state index in [1.807, 2.05) is 76.2 Å². The molecular formula is C24H35IN4O3. The Morgan fingerprint density at radius 3 is 2.34 bits per heavy atom. The standard InChI is InChI=1S/C24H34N4O3.HI/c1-6-25-24(26-15-18(4)31-22-9-7-8-21(14-22)30-5)27-16-19-10-12-20(13-11-19)28-23(29)17(2)3;/h7-14,17-18H,6,15-16H2,1-5H3,(H,28,29)(H2,25,26,27);1H. The molecule has 0 aliphatic carbocycles. The summed E-state index contributed by atoms with van der Waals surface area (Å²) in [7, 11) is 1.64. The Morgan fingerprint density at radius 1 is 1.03 bits per heavy atom. The van der Waals surface area contributed by atoms with E-state index in [1.165, 1.54) is 0 Å². The van der Waals surface area contributed by atoms with Gasteiger partial charge in [-0.05, 0) is 43.7 Å². The molecule has 1 atom stereocenters. The second kappa shape index (κ2) is 14.5. The number of guanidine groups is 1. The molecule has 0 saturated carbocycles. The number of rotatable bonds is 10. The lowest BCUT2D eigenvalue weighted by molar-refractivity contribution is -0.118. The highest BCUT2D eigenvalue weighted by atomic mass is 127. The number of carbonyl (C=O) groups excluding carboxylic acids is 1. The first-order valence-electron chi connectivity index (χ1n) is 10.6. The van der Waals surface area contributed by atoms with E-state index < -0.39 is 0 Å². The minimum atomic E-state index is -0.0557. The normalized spacial score (nSPS) is 11.9. The van der Waals surface area contributed by atoms with E-state index in [1.54, 1.807) is 7.11 Å². The van der Waals surface area contributed by atoms with Crippen LogP contribution >= 0.6 is 24.0 Å². The summed E-state index contributed by atoms with van der Waals surface area (Å²) in [5, 5.41) is 9.45. The molecule has 0 radical (unpaired) electrons. The monoisotopic (exact) mass is 554 g/mol. The average Bonchev–Trinajstić information content (AvgIpc) is 2.76. The van der Waals surface area contributed by atoms with Gasteiger partial charge in [-0.1, -0.05) is 32.0 Å². The lowest BCUT2D eigenvalue weighted by Gasteiger charge is -2.18. The van der Waals surface area contributed by atoms with E-state index in [0.717, 1.165) is 35.3 Å². The second-order valence-electron chi connectivity index (χ2n) is 7.52. The number of hydrogen-bond acceptors (Lipinski definition) is 4. The van der Waals surface area contributed by atoms with Crippen LogP contribution in [0.5, 0.6) is 11.5 Å². The van der Waals surface area contributed by atoms with E-state index in [-0.39, 0.29) is 41.9 Å². The van der Waals surface area contributed by atoms with E-state index >= 15 is 0 Å². The van der Waals surface area contributed by atoms with Crippen molar-refractivity contribution in [3.05, 3.63) is 54.1 Å². The maximum absolute atomic E-state index is 11.8. The van der Waals surface area contributed by atoms with Gasteiger partial charge in [0.05, 0.1) is 20.2 Å². The molecule has 32 heavy (non-hydrogen) atoms. The largest absolute Gasteiger partial charge is 0.497 e. The van der Waals surface area contributed by atoms with Gasteiger partial charge in [0.25, 0.3) is 0 Å². The van der Waals surface area contributed by atoms with Crippen molar-refractivity contribution in [1.29, 1.82) is 0 Å². The van der Waals surface area contributed by atoms with Crippen molar-refractivity contribution in [2.24, 2.45) is 10.9 Å². The van der Waals surface area contributed by atoms with Crippen LogP contribution in [0.15, 0.2) is 53.5 Å². The molecular weight excluding hydrogens is 519 g/mol. The highest BCUT2D eigenvalue weighted by Gasteiger charge is 2.08. The van der Waals surface area contributed by atoms with Crippen LogP contribution in [-0.4, -0.2) is 38.2 Å². The van der Waals surface area contributed by atoms with Crippen molar-refractivity contribution in [2.75, 3.05) is 25.5 Å². The maximum Gasteiger partial charge on any atom is 0.226 e. The molecule has 0 saturated heterocycles. The highest BCUT2D eigenvalue weighted by molar-refractivity contribution is 14.0. The van der Waals surface area contributed by atoms with Crippen molar-refractivity contribution < 1.29 is 14.3 Å². The first-order chi connectivity index (χ1) is 14.9. The zero-order valence-corrected chi connectivity index (χ0v) is 21.8. The van der Waals surface area contributed by atoms with Crippen molar-refractivity contribution in [2.45, 2.75) is 40.3 Å². The number of ether oxygens (including phenoxy) is 2. The molecule has 176 valence electrons. The van der Waals surface area contributed by atoms with Crippen LogP contribution in [0.1, 0.15) is 33.3 Å². The maximum atomic E-state index is 11.8. The predicted octanol–water partition coefficient (Wildman–Crippen LogP) is 4.43.